The monoisotopic (exact) mass is 278 g/mol. The van der Waals surface area contributed by atoms with Crippen LogP contribution in [-0.2, 0) is 0 Å². The molecule has 0 aliphatic carbocycles. The average Bonchev–Trinajstić information content (AvgIpc) is 2.55. The predicted molar refractivity (Wildman–Crippen MR) is 85.6 cm³/mol. The van der Waals surface area contributed by atoms with Gasteiger partial charge in [-0.05, 0) is 17.4 Å². The molecule has 1 atom stereocenters. The van der Waals surface area contributed by atoms with Gasteiger partial charge >= 0.3 is 0 Å². The van der Waals surface area contributed by atoms with Crippen LogP contribution in [0.5, 0.6) is 5.75 Å². The molecule has 0 saturated heterocycles. The van der Waals surface area contributed by atoms with E-state index in [0.29, 0.717) is 12.2 Å². The number of rotatable bonds is 4. The first-order chi connectivity index (χ1) is 10.3. The Bertz CT molecular complexity index is 735. The molecule has 0 bridgehead atoms. The van der Waals surface area contributed by atoms with Gasteiger partial charge in [0.15, 0.2) is 0 Å². The lowest BCUT2D eigenvalue weighted by atomic mass is 9.87. The van der Waals surface area contributed by atoms with E-state index in [1.165, 1.54) is 0 Å². The van der Waals surface area contributed by atoms with Crippen molar-refractivity contribution in [3.05, 3.63) is 77.9 Å². The van der Waals surface area contributed by atoms with Crippen LogP contribution in [0.25, 0.3) is 10.8 Å². The van der Waals surface area contributed by atoms with Gasteiger partial charge in [0.2, 0.25) is 0 Å². The van der Waals surface area contributed by atoms with Crippen LogP contribution in [0, 0.1) is 0 Å². The highest BCUT2D eigenvalue weighted by Crippen LogP contribution is 2.38. The summed E-state index contributed by atoms with van der Waals surface area (Å²) in [6.07, 6.45) is 0.593. The maximum Gasteiger partial charge on any atom is 0.127 e. The Hall–Kier alpha value is -2.32. The van der Waals surface area contributed by atoms with Gasteiger partial charge in [-0.15, -0.1) is 0 Å². The van der Waals surface area contributed by atoms with Gasteiger partial charge < -0.3 is 10.2 Å². The van der Waals surface area contributed by atoms with Gasteiger partial charge in [0.1, 0.15) is 5.75 Å². The number of hydrogen-bond donors (Lipinski definition) is 2. The van der Waals surface area contributed by atoms with E-state index in [1.54, 1.807) is 0 Å². The summed E-state index contributed by atoms with van der Waals surface area (Å²) in [4.78, 5) is 0. The number of hydrogen-bond acceptors (Lipinski definition) is 2. The SMILES string of the molecule is OCC[C@@H](c1ccccc1)c1ccc2ccccc2c1O. The van der Waals surface area contributed by atoms with Crippen LogP contribution in [-0.4, -0.2) is 16.8 Å². The van der Waals surface area contributed by atoms with Crippen LogP contribution >= 0.6 is 0 Å². The minimum Gasteiger partial charge on any atom is -0.507 e. The van der Waals surface area contributed by atoms with E-state index in [-0.39, 0.29) is 12.5 Å². The molecule has 0 aliphatic heterocycles. The molecule has 0 radical (unpaired) electrons. The molecule has 106 valence electrons. The Kier molecular flexibility index (Phi) is 3.89. The second-order valence-electron chi connectivity index (χ2n) is 5.20. The third-order valence-corrected chi connectivity index (χ3v) is 3.93. The second-order valence-corrected chi connectivity index (χ2v) is 5.20. The van der Waals surface area contributed by atoms with Crippen molar-refractivity contribution >= 4 is 10.8 Å². The quantitative estimate of drug-likeness (QED) is 0.755. The Balaban J connectivity index is 2.14. The molecule has 21 heavy (non-hydrogen) atoms. The van der Waals surface area contributed by atoms with Crippen LogP contribution in [0.15, 0.2) is 66.7 Å². The van der Waals surface area contributed by atoms with Gasteiger partial charge in [-0.1, -0.05) is 66.7 Å². The van der Waals surface area contributed by atoms with Crippen molar-refractivity contribution in [3.63, 3.8) is 0 Å². The summed E-state index contributed by atoms with van der Waals surface area (Å²) in [6.45, 7) is 0.0891. The number of aliphatic hydroxyl groups excluding tert-OH is 1. The standard InChI is InChI=1S/C19H18O2/c20-13-12-16(14-6-2-1-3-7-14)18-11-10-15-8-4-5-9-17(15)19(18)21/h1-11,16,20-21H,12-13H2/t16-/m0/s1. The van der Waals surface area contributed by atoms with E-state index in [4.69, 9.17) is 0 Å². The maximum atomic E-state index is 10.6. The Labute approximate surface area is 124 Å². The Morgan fingerprint density at radius 3 is 2.29 bits per heavy atom. The zero-order chi connectivity index (χ0) is 14.7. The first-order valence-corrected chi connectivity index (χ1v) is 7.17. The van der Waals surface area contributed by atoms with Gasteiger partial charge in [-0.2, -0.15) is 0 Å². The van der Waals surface area contributed by atoms with Crippen molar-refractivity contribution in [1.82, 2.24) is 0 Å². The minimum absolute atomic E-state index is 0.000746. The highest BCUT2D eigenvalue weighted by Gasteiger charge is 2.18. The molecule has 0 saturated carbocycles. The Morgan fingerprint density at radius 1 is 0.810 bits per heavy atom. The fraction of sp³-hybridized carbons (Fsp3) is 0.158. The molecule has 0 amide bonds. The van der Waals surface area contributed by atoms with E-state index in [1.807, 2.05) is 66.7 Å². The van der Waals surface area contributed by atoms with Crippen molar-refractivity contribution in [2.24, 2.45) is 0 Å². The fourth-order valence-electron chi connectivity index (χ4n) is 2.87. The van der Waals surface area contributed by atoms with E-state index in [9.17, 15) is 10.2 Å². The van der Waals surface area contributed by atoms with Gasteiger partial charge in [0.25, 0.3) is 0 Å². The van der Waals surface area contributed by atoms with Crippen molar-refractivity contribution in [3.8, 4) is 5.75 Å². The van der Waals surface area contributed by atoms with Crippen LogP contribution in [0.1, 0.15) is 23.5 Å². The normalized spacial score (nSPS) is 12.4. The van der Waals surface area contributed by atoms with Crippen LogP contribution in [0.4, 0.5) is 0 Å². The van der Waals surface area contributed by atoms with Crippen LogP contribution in [0.3, 0.4) is 0 Å². The summed E-state index contributed by atoms with van der Waals surface area (Å²) in [5.41, 5.74) is 1.98. The van der Waals surface area contributed by atoms with Crippen LogP contribution in [0.2, 0.25) is 0 Å². The van der Waals surface area contributed by atoms with Crippen molar-refractivity contribution in [1.29, 1.82) is 0 Å². The number of benzene rings is 3. The molecule has 0 fully saturated rings. The van der Waals surface area contributed by atoms with Crippen molar-refractivity contribution in [2.75, 3.05) is 6.61 Å². The summed E-state index contributed by atoms with van der Waals surface area (Å²) in [5, 5.41) is 21.9. The van der Waals surface area contributed by atoms with E-state index in [0.717, 1.165) is 21.9 Å². The molecule has 3 aromatic carbocycles. The zero-order valence-corrected chi connectivity index (χ0v) is 11.7. The van der Waals surface area contributed by atoms with Gasteiger partial charge in [0.05, 0.1) is 0 Å². The predicted octanol–water partition coefficient (Wildman–Crippen LogP) is 4.06. The van der Waals surface area contributed by atoms with Gasteiger partial charge in [0, 0.05) is 23.5 Å². The lowest BCUT2D eigenvalue weighted by Crippen LogP contribution is -2.04. The van der Waals surface area contributed by atoms with E-state index < -0.39 is 0 Å². The third kappa shape index (κ3) is 2.63. The highest BCUT2D eigenvalue weighted by atomic mass is 16.3. The third-order valence-electron chi connectivity index (χ3n) is 3.93. The minimum atomic E-state index is 0.000746. The van der Waals surface area contributed by atoms with Crippen molar-refractivity contribution < 1.29 is 10.2 Å². The molecular formula is C19H18O2. The number of phenolic OH excluding ortho intramolecular Hbond substituents is 1. The second kappa shape index (κ2) is 5.98. The number of aliphatic hydroxyl groups is 1. The summed E-state index contributed by atoms with van der Waals surface area (Å²) in [6, 6.07) is 21.8. The molecule has 0 heterocycles. The highest BCUT2D eigenvalue weighted by molar-refractivity contribution is 5.89. The molecular weight excluding hydrogens is 260 g/mol. The topological polar surface area (TPSA) is 40.5 Å². The van der Waals surface area contributed by atoms with Gasteiger partial charge in [-0.3, -0.25) is 0 Å². The van der Waals surface area contributed by atoms with Crippen molar-refractivity contribution in [2.45, 2.75) is 12.3 Å². The molecule has 0 aliphatic rings. The molecule has 0 unspecified atom stereocenters. The van der Waals surface area contributed by atoms with Crippen LogP contribution < -0.4 is 0 Å². The summed E-state index contributed by atoms with van der Waals surface area (Å²) < 4.78 is 0. The lowest BCUT2D eigenvalue weighted by Gasteiger charge is -2.19. The van der Waals surface area contributed by atoms with E-state index in [2.05, 4.69) is 0 Å². The first kappa shape index (κ1) is 13.7. The molecule has 2 nitrogen and oxygen atoms in total. The Morgan fingerprint density at radius 2 is 1.52 bits per heavy atom. The summed E-state index contributed by atoms with van der Waals surface area (Å²) >= 11 is 0. The molecule has 2 heteroatoms. The summed E-state index contributed by atoms with van der Waals surface area (Å²) in [7, 11) is 0. The molecule has 0 aromatic heterocycles. The largest absolute Gasteiger partial charge is 0.507 e. The summed E-state index contributed by atoms with van der Waals surface area (Å²) in [5.74, 6) is 0.316. The molecule has 3 rings (SSSR count). The first-order valence-electron chi connectivity index (χ1n) is 7.17. The molecule has 0 spiro atoms. The number of fused-ring (bicyclic) bond motifs is 1. The molecule has 2 N–H and O–H groups in total. The lowest BCUT2D eigenvalue weighted by molar-refractivity contribution is 0.281. The smallest absolute Gasteiger partial charge is 0.127 e. The number of aromatic hydroxyl groups is 1. The number of phenols is 1. The maximum absolute atomic E-state index is 10.6. The van der Waals surface area contributed by atoms with E-state index >= 15 is 0 Å². The molecule has 3 aromatic rings. The zero-order valence-electron chi connectivity index (χ0n) is 11.7. The van der Waals surface area contributed by atoms with Gasteiger partial charge in [-0.25, -0.2) is 0 Å². The average molecular weight is 278 g/mol. The fourth-order valence-corrected chi connectivity index (χ4v) is 2.87.